The highest BCUT2D eigenvalue weighted by Crippen LogP contribution is 2.25. The maximum Gasteiger partial charge on any atom is 0.253 e. The van der Waals surface area contributed by atoms with E-state index in [4.69, 9.17) is 21.1 Å². The lowest BCUT2D eigenvalue weighted by atomic mass is 10.1. The highest BCUT2D eigenvalue weighted by Gasteiger charge is 2.20. The average molecular weight is 313 g/mol. The molecule has 1 fully saturated rings. The summed E-state index contributed by atoms with van der Waals surface area (Å²) in [5.41, 5.74) is 0.120. The third kappa shape index (κ3) is 4.86. The van der Waals surface area contributed by atoms with Crippen LogP contribution in [0.1, 0.15) is 44.0 Å². The highest BCUT2D eigenvalue weighted by molar-refractivity contribution is 6.32. The van der Waals surface area contributed by atoms with E-state index in [0.29, 0.717) is 29.7 Å². The molecule has 0 unspecified atom stereocenters. The molecule has 0 atom stereocenters. The van der Waals surface area contributed by atoms with Crippen LogP contribution < -0.4 is 10.1 Å². The van der Waals surface area contributed by atoms with Crippen molar-refractivity contribution >= 4 is 17.5 Å². The van der Waals surface area contributed by atoms with Crippen LogP contribution in [0.2, 0.25) is 5.02 Å². The second kappa shape index (κ2) is 6.62. The van der Waals surface area contributed by atoms with Gasteiger partial charge in [-0.15, -0.1) is 0 Å². The monoisotopic (exact) mass is 312 g/mol. The van der Waals surface area contributed by atoms with Gasteiger partial charge in [-0.05, 0) is 26.8 Å². The molecule has 5 nitrogen and oxygen atoms in total. The van der Waals surface area contributed by atoms with Crippen LogP contribution in [0.5, 0.6) is 5.88 Å². The molecule has 0 radical (unpaired) electrons. The maximum atomic E-state index is 12.0. The first-order chi connectivity index (χ1) is 9.85. The molecule has 0 aromatic carbocycles. The summed E-state index contributed by atoms with van der Waals surface area (Å²) in [4.78, 5) is 16.2. The van der Waals surface area contributed by atoms with Crippen LogP contribution in [0.3, 0.4) is 0 Å². The molecule has 1 aromatic rings. The number of carbonyl (C=O) groups is 1. The molecule has 1 N–H and O–H groups in total. The van der Waals surface area contributed by atoms with Crippen molar-refractivity contribution in [2.75, 3.05) is 13.2 Å². The first-order valence-electron chi connectivity index (χ1n) is 7.07. The summed E-state index contributed by atoms with van der Waals surface area (Å²) >= 11 is 6.17. The highest BCUT2D eigenvalue weighted by atomic mass is 35.5. The molecule has 0 saturated carbocycles. The third-order valence-corrected chi connectivity index (χ3v) is 3.28. The van der Waals surface area contributed by atoms with Gasteiger partial charge in [0.15, 0.2) is 0 Å². The second-order valence-corrected chi connectivity index (χ2v) is 6.55. The molecular weight excluding hydrogens is 292 g/mol. The van der Waals surface area contributed by atoms with Gasteiger partial charge in [0.25, 0.3) is 5.91 Å². The van der Waals surface area contributed by atoms with Gasteiger partial charge in [0.05, 0.1) is 18.8 Å². The third-order valence-electron chi connectivity index (χ3n) is 3.00. The minimum Gasteiger partial charge on any atom is -0.473 e. The van der Waals surface area contributed by atoms with E-state index < -0.39 is 0 Å². The molecule has 116 valence electrons. The number of nitrogens with one attached hydrogen (secondary N) is 1. The Morgan fingerprint density at radius 1 is 1.43 bits per heavy atom. The van der Waals surface area contributed by atoms with E-state index in [1.54, 1.807) is 6.07 Å². The zero-order valence-corrected chi connectivity index (χ0v) is 13.4. The van der Waals surface area contributed by atoms with E-state index >= 15 is 0 Å². The quantitative estimate of drug-likeness (QED) is 0.932. The van der Waals surface area contributed by atoms with Crippen LogP contribution in [0.25, 0.3) is 0 Å². The Hall–Kier alpha value is -1.33. The molecule has 1 aliphatic heterocycles. The standard InChI is InChI=1S/C15H21ClN2O3/c1-15(2,3)18-13(19)10-8-12(16)14(17-9-10)21-11-4-6-20-7-5-11/h8-9,11H,4-7H2,1-3H3,(H,18,19). The van der Waals surface area contributed by atoms with Gasteiger partial charge in [-0.1, -0.05) is 11.6 Å². The van der Waals surface area contributed by atoms with Crippen LogP contribution in [0.4, 0.5) is 0 Å². The maximum absolute atomic E-state index is 12.0. The van der Waals surface area contributed by atoms with E-state index in [1.807, 2.05) is 20.8 Å². The molecule has 2 rings (SSSR count). The number of nitrogens with zero attached hydrogens (tertiary/aromatic N) is 1. The Labute approximate surface area is 130 Å². The first kappa shape index (κ1) is 16.0. The molecule has 1 amide bonds. The number of pyridine rings is 1. The van der Waals surface area contributed by atoms with Gasteiger partial charge in [-0.3, -0.25) is 4.79 Å². The van der Waals surface area contributed by atoms with Crippen LogP contribution in [0, 0.1) is 0 Å². The zero-order valence-electron chi connectivity index (χ0n) is 12.6. The van der Waals surface area contributed by atoms with Crippen molar-refractivity contribution in [3.05, 3.63) is 22.8 Å². The fourth-order valence-electron chi connectivity index (χ4n) is 2.00. The molecule has 0 aliphatic carbocycles. The van der Waals surface area contributed by atoms with Crippen molar-refractivity contribution in [2.45, 2.75) is 45.3 Å². The number of hydrogen-bond acceptors (Lipinski definition) is 4. The fourth-order valence-corrected chi connectivity index (χ4v) is 2.21. The van der Waals surface area contributed by atoms with E-state index in [1.165, 1.54) is 6.20 Å². The van der Waals surface area contributed by atoms with Crippen molar-refractivity contribution in [2.24, 2.45) is 0 Å². The van der Waals surface area contributed by atoms with Gasteiger partial charge >= 0.3 is 0 Å². The van der Waals surface area contributed by atoms with Gasteiger partial charge in [0.1, 0.15) is 11.1 Å². The normalized spacial score (nSPS) is 16.6. The lowest BCUT2D eigenvalue weighted by Gasteiger charge is -2.23. The Morgan fingerprint density at radius 2 is 2.10 bits per heavy atom. The number of ether oxygens (including phenoxy) is 2. The number of carbonyl (C=O) groups excluding carboxylic acids is 1. The van der Waals surface area contributed by atoms with Crippen molar-refractivity contribution in [3.63, 3.8) is 0 Å². The summed E-state index contributed by atoms with van der Waals surface area (Å²) < 4.78 is 11.0. The summed E-state index contributed by atoms with van der Waals surface area (Å²) in [6, 6.07) is 1.59. The van der Waals surface area contributed by atoms with Gasteiger partial charge in [0.2, 0.25) is 5.88 Å². The molecule has 21 heavy (non-hydrogen) atoms. The lowest BCUT2D eigenvalue weighted by molar-refractivity contribution is 0.0238. The van der Waals surface area contributed by atoms with Crippen molar-refractivity contribution < 1.29 is 14.3 Å². The molecule has 1 saturated heterocycles. The molecular formula is C15H21ClN2O3. The lowest BCUT2D eigenvalue weighted by Crippen LogP contribution is -2.40. The Kier molecular flexibility index (Phi) is 5.06. The summed E-state index contributed by atoms with van der Waals surface area (Å²) in [7, 11) is 0. The van der Waals surface area contributed by atoms with E-state index in [0.717, 1.165) is 12.8 Å². The number of aromatic nitrogens is 1. The van der Waals surface area contributed by atoms with Crippen LogP contribution in [0.15, 0.2) is 12.3 Å². The topological polar surface area (TPSA) is 60.5 Å². The van der Waals surface area contributed by atoms with Crippen LogP contribution in [-0.4, -0.2) is 35.7 Å². The van der Waals surface area contributed by atoms with Gasteiger partial charge in [-0.25, -0.2) is 4.98 Å². The Morgan fingerprint density at radius 3 is 2.67 bits per heavy atom. The van der Waals surface area contributed by atoms with Gasteiger partial charge < -0.3 is 14.8 Å². The van der Waals surface area contributed by atoms with Crippen LogP contribution in [-0.2, 0) is 4.74 Å². The van der Waals surface area contributed by atoms with Crippen molar-refractivity contribution in [1.29, 1.82) is 0 Å². The average Bonchev–Trinajstić information content (AvgIpc) is 2.40. The number of amides is 1. The molecule has 0 bridgehead atoms. The Bertz CT molecular complexity index is 508. The predicted molar refractivity (Wildman–Crippen MR) is 80.9 cm³/mol. The second-order valence-electron chi connectivity index (χ2n) is 6.14. The SMILES string of the molecule is CC(C)(C)NC(=O)c1cnc(OC2CCOCC2)c(Cl)c1. The van der Waals surface area contributed by atoms with Gasteiger partial charge in [0, 0.05) is 24.6 Å². The van der Waals surface area contributed by atoms with E-state index in [9.17, 15) is 4.79 Å². The summed E-state index contributed by atoms with van der Waals surface area (Å²) in [5.74, 6) is 0.172. The molecule has 2 heterocycles. The fraction of sp³-hybridized carbons (Fsp3) is 0.600. The van der Waals surface area contributed by atoms with E-state index in [-0.39, 0.29) is 17.6 Å². The van der Waals surface area contributed by atoms with Crippen molar-refractivity contribution in [1.82, 2.24) is 10.3 Å². The first-order valence-corrected chi connectivity index (χ1v) is 7.45. The molecule has 1 aromatic heterocycles. The van der Waals surface area contributed by atoms with Gasteiger partial charge in [-0.2, -0.15) is 0 Å². The smallest absolute Gasteiger partial charge is 0.253 e. The molecule has 0 spiro atoms. The summed E-state index contributed by atoms with van der Waals surface area (Å²) in [6.07, 6.45) is 3.20. The number of hydrogen-bond donors (Lipinski definition) is 1. The minimum atomic E-state index is -0.305. The molecule has 1 aliphatic rings. The molecule has 6 heteroatoms. The van der Waals surface area contributed by atoms with Crippen LogP contribution >= 0.6 is 11.6 Å². The van der Waals surface area contributed by atoms with E-state index in [2.05, 4.69) is 10.3 Å². The van der Waals surface area contributed by atoms with Crippen molar-refractivity contribution in [3.8, 4) is 5.88 Å². The zero-order chi connectivity index (χ0) is 15.5. The Balaban J connectivity index is 2.04. The largest absolute Gasteiger partial charge is 0.473 e. The summed E-state index contributed by atoms with van der Waals surface area (Å²) in [5, 5.41) is 3.22. The summed E-state index contributed by atoms with van der Waals surface area (Å²) in [6.45, 7) is 7.14. The minimum absolute atomic E-state index is 0.0676. The number of halogens is 1. The predicted octanol–water partition coefficient (Wildman–Crippen LogP) is 2.82. The number of rotatable bonds is 3.